The molecule has 1 aromatic heterocycles. The minimum atomic E-state index is -0.429. The quantitative estimate of drug-likeness (QED) is 0.925. The molecule has 2 amide bonds. The molecule has 0 unspecified atom stereocenters. The molecule has 0 spiro atoms. The van der Waals surface area contributed by atoms with Crippen molar-refractivity contribution >= 4 is 11.8 Å². The molecular formula is C18H20FN3O3. The molecule has 1 aliphatic rings. The maximum atomic E-state index is 13.7. The highest BCUT2D eigenvalue weighted by Crippen LogP contribution is 2.20. The van der Waals surface area contributed by atoms with Gasteiger partial charge >= 0.3 is 6.03 Å². The average Bonchev–Trinajstić information content (AvgIpc) is 2.63. The molecular weight excluding hydrogens is 325 g/mol. The second kappa shape index (κ2) is 7.94. The third-order valence-electron chi connectivity index (χ3n) is 3.86. The lowest BCUT2D eigenvalue weighted by Gasteiger charge is -2.27. The molecule has 3 rings (SSSR count). The Hall–Kier alpha value is -2.67. The van der Waals surface area contributed by atoms with Crippen molar-refractivity contribution in [3.63, 3.8) is 0 Å². The van der Waals surface area contributed by atoms with E-state index in [4.69, 9.17) is 9.47 Å². The Morgan fingerprint density at radius 3 is 2.80 bits per heavy atom. The van der Waals surface area contributed by atoms with Crippen LogP contribution in [0.4, 0.5) is 15.0 Å². The summed E-state index contributed by atoms with van der Waals surface area (Å²) in [5.74, 6) is 0.155. The van der Waals surface area contributed by atoms with Crippen molar-refractivity contribution in [3.05, 3.63) is 53.5 Å². The van der Waals surface area contributed by atoms with Crippen molar-refractivity contribution in [2.75, 3.05) is 31.6 Å². The average molecular weight is 345 g/mol. The molecule has 0 bridgehead atoms. The zero-order valence-corrected chi connectivity index (χ0v) is 14.0. The van der Waals surface area contributed by atoms with Gasteiger partial charge in [-0.15, -0.1) is 0 Å². The lowest BCUT2D eigenvalue weighted by molar-refractivity contribution is 0.0564. The summed E-state index contributed by atoms with van der Waals surface area (Å²) >= 11 is 0. The van der Waals surface area contributed by atoms with Gasteiger partial charge in [0.2, 0.25) is 0 Å². The van der Waals surface area contributed by atoms with Crippen LogP contribution >= 0.6 is 0 Å². The summed E-state index contributed by atoms with van der Waals surface area (Å²) in [6.45, 7) is 4.08. The SMILES string of the molecule is Cc1ccc(COc2ccccc2F)c(NC(=O)N2CCOCC2)n1. The van der Waals surface area contributed by atoms with E-state index in [2.05, 4.69) is 10.3 Å². The number of rotatable bonds is 4. The van der Waals surface area contributed by atoms with Crippen LogP contribution < -0.4 is 10.1 Å². The number of para-hydroxylation sites is 1. The first-order chi connectivity index (χ1) is 12.1. The van der Waals surface area contributed by atoms with Gasteiger partial charge in [0, 0.05) is 24.3 Å². The van der Waals surface area contributed by atoms with Gasteiger partial charge in [0.05, 0.1) is 13.2 Å². The number of pyridine rings is 1. The number of carbonyl (C=O) groups is 1. The number of hydrogen-bond donors (Lipinski definition) is 1. The van der Waals surface area contributed by atoms with Crippen molar-refractivity contribution in [2.24, 2.45) is 0 Å². The van der Waals surface area contributed by atoms with E-state index in [1.807, 2.05) is 19.1 Å². The van der Waals surface area contributed by atoms with E-state index in [1.54, 1.807) is 23.1 Å². The third kappa shape index (κ3) is 4.45. The molecule has 1 aromatic carbocycles. The van der Waals surface area contributed by atoms with Crippen LogP contribution in [0.3, 0.4) is 0 Å². The molecule has 1 fully saturated rings. The number of aryl methyl sites for hydroxylation is 1. The van der Waals surface area contributed by atoms with E-state index < -0.39 is 5.82 Å². The number of aromatic nitrogens is 1. The van der Waals surface area contributed by atoms with Crippen LogP contribution in [0.25, 0.3) is 0 Å². The normalized spacial score (nSPS) is 14.2. The number of ether oxygens (including phenoxy) is 2. The Kier molecular flexibility index (Phi) is 5.45. The van der Waals surface area contributed by atoms with E-state index in [0.29, 0.717) is 37.7 Å². The van der Waals surface area contributed by atoms with E-state index in [0.717, 1.165) is 5.69 Å². The molecule has 0 aliphatic carbocycles. The zero-order valence-electron chi connectivity index (χ0n) is 14.0. The Morgan fingerprint density at radius 1 is 1.28 bits per heavy atom. The van der Waals surface area contributed by atoms with Crippen LogP contribution in [-0.2, 0) is 11.3 Å². The van der Waals surface area contributed by atoms with Gasteiger partial charge in [-0.2, -0.15) is 0 Å². The van der Waals surface area contributed by atoms with E-state index >= 15 is 0 Å². The van der Waals surface area contributed by atoms with Gasteiger partial charge in [0.15, 0.2) is 11.6 Å². The lowest BCUT2D eigenvalue weighted by atomic mass is 10.2. The van der Waals surface area contributed by atoms with E-state index in [9.17, 15) is 9.18 Å². The minimum Gasteiger partial charge on any atom is -0.486 e. The van der Waals surface area contributed by atoms with E-state index in [-0.39, 0.29) is 18.4 Å². The summed E-state index contributed by atoms with van der Waals surface area (Å²) in [5, 5.41) is 2.82. The van der Waals surface area contributed by atoms with Gasteiger partial charge in [-0.05, 0) is 25.1 Å². The van der Waals surface area contributed by atoms with Crippen molar-refractivity contribution in [2.45, 2.75) is 13.5 Å². The van der Waals surface area contributed by atoms with Gasteiger partial charge in [-0.25, -0.2) is 14.2 Å². The molecule has 1 N–H and O–H groups in total. The van der Waals surface area contributed by atoms with Crippen LogP contribution in [0, 0.1) is 12.7 Å². The Labute approximate surface area is 145 Å². The molecule has 0 radical (unpaired) electrons. The topological polar surface area (TPSA) is 63.7 Å². The number of urea groups is 1. The van der Waals surface area contributed by atoms with E-state index in [1.165, 1.54) is 6.07 Å². The lowest BCUT2D eigenvalue weighted by Crippen LogP contribution is -2.43. The molecule has 0 saturated carbocycles. The summed E-state index contributed by atoms with van der Waals surface area (Å²) in [7, 11) is 0. The molecule has 2 heterocycles. The zero-order chi connectivity index (χ0) is 17.6. The van der Waals surface area contributed by atoms with Gasteiger partial charge in [0.1, 0.15) is 12.4 Å². The minimum absolute atomic E-state index is 0.104. The fraction of sp³-hybridized carbons (Fsp3) is 0.333. The number of morpholine rings is 1. The van der Waals surface area contributed by atoms with Gasteiger partial charge in [0.25, 0.3) is 0 Å². The Morgan fingerprint density at radius 2 is 2.04 bits per heavy atom. The molecule has 0 atom stereocenters. The largest absolute Gasteiger partial charge is 0.486 e. The number of nitrogens with one attached hydrogen (secondary N) is 1. The Balaban J connectivity index is 1.71. The molecule has 132 valence electrons. The fourth-order valence-electron chi connectivity index (χ4n) is 2.47. The first kappa shape index (κ1) is 17.2. The van der Waals surface area contributed by atoms with Crippen molar-refractivity contribution in [1.82, 2.24) is 9.88 Å². The number of amides is 2. The fourth-order valence-corrected chi connectivity index (χ4v) is 2.47. The van der Waals surface area contributed by atoms with Crippen LogP contribution in [0.5, 0.6) is 5.75 Å². The highest BCUT2D eigenvalue weighted by molar-refractivity contribution is 5.89. The van der Waals surface area contributed by atoms with Gasteiger partial charge < -0.3 is 14.4 Å². The van der Waals surface area contributed by atoms with Gasteiger partial charge in [-0.3, -0.25) is 5.32 Å². The number of hydrogen-bond acceptors (Lipinski definition) is 4. The number of carbonyl (C=O) groups excluding carboxylic acids is 1. The summed E-state index contributed by atoms with van der Waals surface area (Å²) < 4.78 is 24.5. The number of halogens is 1. The number of benzene rings is 1. The molecule has 6 nitrogen and oxygen atoms in total. The summed E-state index contributed by atoms with van der Waals surface area (Å²) in [4.78, 5) is 18.4. The van der Waals surface area contributed by atoms with Gasteiger partial charge in [-0.1, -0.05) is 18.2 Å². The molecule has 1 aliphatic heterocycles. The number of anilines is 1. The highest BCUT2D eigenvalue weighted by atomic mass is 19.1. The first-order valence-corrected chi connectivity index (χ1v) is 8.11. The molecule has 7 heteroatoms. The standard InChI is InChI=1S/C18H20FN3O3/c1-13-6-7-14(12-25-16-5-3-2-4-15(16)19)17(20-13)21-18(23)22-8-10-24-11-9-22/h2-7H,8-12H2,1H3,(H,20,21,23). The molecule has 25 heavy (non-hydrogen) atoms. The summed E-state index contributed by atoms with van der Waals surface area (Å²) in [5.41, 5.74) is 1.45. The second-order valence-corrected chi connectivity index (χ2v) is 5.71. The number of nitrogens with zero attached hydrogens (tertiary/aromatic N) is 2. The van der Waals surface area contributed by atoms with Crippen molar-refractivity contribution in [1.29, 1.82) is 0 Å². The van der Waals surface area contributed by atoms with Crippen LogP contribution in [0.15, 0.2) is 36.4 Å². The first-order valence-electron chi connectivity index (χ1n) is 8.11. The van der Waals surface area contributed by atoms with Crippen molar-refractivity contribution in [3.8, 4) is 5.75 Å². The maximum Gasteiger partial charge on any atom is 0.323 e. The monoisotopic (exact) mass is 345 g/mol. The smallest absolute Gasteiger partial charge is 0.323 e. The van der Waals surface area contributed by atoms with Crippen LogP contribution in [-0.4, -0.2) is 42.2 Å². The van der Waals surface area contributed by atoms with Crippen molar-refractivity contribution < 1.29 is 18.7 Å². The third-order valence-corrected chi connectivity index (χ3v) is 3.86. The molecule has 1 saturated heterocycles. The predicted molar refractivity (Wildman–Crippen MR) is 91.1 cm³/mol. The highest BCUT2D eigenvalue weighted by Gasteiger charge is 2.18. The molecule has 2 aromatic rings. The van der Waals surface area contributed by atoms with Crippen LogP contribution in [0.2, 0.25) is 0 Å². The maximum absolute atomic E-state index is 13.7. The Bertz CT molecular complexity index is 748. The predicted octanol–water partition coefficient (Wildman–Crippen LogP) is 2.97. The summed E-state index contributed by atoms with van der Waals surface area (Å²) in [6, 6.07) is 9.61. The van der Waals surface area contributed by atoms with Crippen LogP contribution in [0.1, 0.15) is 11.3 Å². The summed E-state index contributed by atoms with van der Waals surface area (Å²) in [6.07, 6.45) is 0. The second-order valence-electron chi connectivity index (χ2n) is 5.71.